The third-order valence-electron chi connectivity index (χ3n) is 6.42. The predicted molar refractivity (Wildman–Crippen MR) is 139 cm³/mol. The maximum atomic E-state index is 15.0. The van der Waals surface area contributed by atoms with Gasteiger partial charge in [0.2, 0.25) is 0 Å². The summed E-state index contributed by atoms with van der Waals surface area (Å²) >= 11 is 0. The lowest BCUT2D eigenvalue weighted by Gasteiger charge is -2.13. The third kappa shape index (κ3) is 5.92. The minimum atomic E-state index is -0.645. The monoisotopic (exact) mass is 470 g/mol. The molecule has 0 bridgehead atoms. The Morgan fingerprint density at radius 3 is 1.97 bits per heavy atom. The summed E-state index contributed by atoms with van der Waals surface area (Å²) in [6.07, 6.45) is 5.45. The van der Waals surface area contributed by atoms with Crippen molar-refractivity contribution in [2.24, 2.45) is 0 Å². The van der Waals surface area contributed by atoms with Crippen molar-refractivity contribution in [2.75, 3.05) is 0 Å². The smallest absolute Gasteiger partial charge is 0.131 e. The van der Waals surface area contributed by atoms with Crippen molar-refractivity contribution in [3.8, 4) is 22.3 Å². The lowest BCUT2D eigenvalue weighted by Crippen LogP contribution is -1.98. The summed E-state index contributed by atoms with van der Waals surface area (Å²) in [7, 11) is 0. The second kappa shape index (κ2) is 11.2. The van der Waals surface area contributed by atoms with Crippen molar-refractivity contribution in [3.05, 3.63) is 131 Å². The molecule has 35 heavy (non-hydrogen) atoms. The maximum absolute atomic E-state index is 15.0. The van der Waals surface area contributed by atoms with Crippen LogP contribution in [0, 0.1) is 17.5 Å². The molecule has 0 aliphatic rings. The van der Waals surface area contributed by atoms with Gasteiger partial charge in [-0.2, -0.15) is 0 Å². The Morgan fingerprint density at radius 1 is 0.714 bits per heavy atom. The lowest BCUT2D eigenvalue weighted by atomic mass is 9.92. The molecule has 3 heteroatoms. The highest BCUT2D eigenvalue weighted by atomic mass is 19.1. The van der Waals surface area contributed by atoms with E-state index >= 15 is 4.39 Å². The average molecular weight is 471 g/mol. The van der Waals surface area contributed by atoms with Crippen LogP contribution in [-0.2, 0) is 12.8 Å². The molecule has 178 valence electrons. The molecule has 4 aromatic carbocycles. The molecule has 0 aliphatic heterocycles. The van der Waals surface area contributed by atoms with Gasteiger partial charge in [0.05, 0.1) is 0 Å². The second-order valence-electron chi connectivity index (χ2n) is 8.93. The molecule has 4 aromatic rings. The standard InChI is InChI=1S/C32H29F3/c1-3-4-6-11-29-31(34)20-27(21-32(29)35)28-17-16-26(19-30(28)33)25-14-12-23(13-15-25)18-22(2)24-9-7-5-8-10-24/h3-5,7-10,12-17,19-22H,6,11,18H2,1-2H3/b4-3+/t22-/m0/s1. The molecular weight excluding hydrogens is 441 g/mol. The lowest BCUT2D eigenvalue weighted by molar-refractivity contribution is 0.556. The number of rotatable bonds is 8. The molecule has 0 saturated carbocycles. The second-order valence-corrected chi connectivity index (χ2v) is 8.93. The van der Waals surface area contributed by atoms with Crippen molar-refractivity contribution in [1.82, 2.24) is 0 Å². The zero-order valence-corrected chi connectivity index (χ0v) is 20.1. The van der Waals surface area contributed by atoms with E-state index in [0.29, 0.717) is 12.3 Å². The van der Waals surface area contributed by atoms with Gasteiger partial charge in [-0.3, -0.25) is 0 Å². The van der Waals surface area contributed by atoms with Gasteiger partial charge < -0.3 is 0 Å². The summed E-state index contributed by atoms with van der Waals surface area (Å²) in [5.41, 5.74) is 4.53. The molecule has 0 saturated heterocycles. The van der Waals surface area contributed by atoms with Crippen molar-refractivity contribution < 1.29 is 13.2 Å². The van der Waals surface area contributed by atoms with Gasteiger partial charge in [-0.25, -0.2) is 13.2 Å². The average Bonchev–Trinajstić information content (AvgIpc) is 2.86. The van der Waals surface area contributed by atoms with E-state index in [-0.39, 0.29) is 23.1 Å². The fraction of sp³-hybridized carbons (Fsp3) is 0.188. The Balaban J connectivity index is 1.51. The van der Waals surface area contributed by atoms with Crippen molar-refractivity contribution >= 4 is 0 Å². The van der Waals surface area contributed by atoms with Crippen LogP contribution in [0.3, 0.4) is 0 Å². The van der Waals surface area contributed by atoms with Crippen LogP contribution in [0.1, 0.15) is 42.9 Å². The predicted octanol–water partition coefficient (Wildman–Crippen LogP) is 9.29. The SMILES string of the molecule is C/C=C/CCc1c(F)cc(-c2ccc(-c3ccc(C[C@H](C)c4ccccc4)cc3)cc2F)cc1F. The van der Waals surface area contributed by atoms with Gasteiger partial charge in [-0.1, -0.05) is 85.8 Å². The molecule has 1 atom stereocenters. The number of hydrogen-bond acceptors (Lipinski definition) is 0. The minimum Gasteiger partial charge on any atom is -0.207 e. The van der Waals surface area contributed by atoms with E-state index in [0.717, 1.165) is 17.5 Å². The van der Waals surface area contributed by atoms with Crippen molar-refractivity contribution in [3.63, 3.8) is 0 Å². The number of allylic oxidation sites excluding steroid dienone is 2. The molecule has 0 amide bonds. The van der Waals surface area contributed by atoms with Crippen LogP contribution < -0.4 is 0 Å². The molecule has 0 spiro atoms. The Labute approximate surface area is 205 Å². The molecule has 4 rings (SSSR count). The first-order valence-electron chi connectivity index (χ1n) is 12.0. The zero-order valence-electron chi connectivity index (χ0n) is 20.1. The highest BCUT2D eigenvalue weighted by Crippen LogP contribution is 2.31. The molecule has 0 heterocycles. The van der Waals surface area contributed by atoms with E-state index in [1.54, 1.807) is 12.1 Å². The first-order chi connectivity index (χ1) is 17.0. The van der Waals surface area contributed by atoms with Crippen LogP contribution >= 0.6 is 0 Å². The molecule has 0 radical (unpaired) electrons. The number of halogens is 3. The van der Waals surface area contributed by atoms with Gasteiger partial charge in [0.1, 0.15) is 17.5 Å². The maximum Gasteiger partial charge on any atom is 0.131 e. The van der Waals surface area contributed by atoms with E-state index in [4.69, 9.17) is 0 Å². The Morgan fingerprint density at radius 2 is 1.34 bits per heavy atom. The first kappa shape index (κ1) is 24.5. The number of hydrogen-bond donors (Lipinski definition) is 0. The first-order valence-corrected chi connectivity index (χ1v) is 12.0. The molecule has 0 N–H and O–H groups in total. The van der Waals surface area contributed by atoms with Crippen LogP contribution in [0.2, 0.25) is 0 Å². The van der Waals surface area contributed by atoms with E-state index in [9.17, 15) is 8.78 Å². The summed E-state index contributed by atoms with van der Waals surface area (Å²) in [6, 6.07) is 25.7. The largest absolute Gasteiger partial charge is 0.207 e. The topological polar surface area (TPSA) is 0 Å². The Kier molecular flexibility index (Phi) is 7.87. The van der Waals surface area contributed by atoms with Gasteiger partial charge in [-0.05, 0) is 78.1 Å². The van der Waals surface area contributed by atoms with E-state index in [1.165, 1.54) is 29.3 Å². The van der Waals surface area contributed by atoms with Crippen LogP contribution in [0.25, 0.3) is 22.3 Å². The fourth-order valence-electron chi connectivity index (χ4n) is 4.41. The van der Waals surface area contributed by atoms with Crippen molar-refractivity contribution in [2.45, 2.75) is 39.0 Å². The van der Waals surface area contributed by atoms with E-state index in [1.807, 2.05) is 37.3 Å². The number of benzene rings is 4. The normalized spacial score (nSPS) is 12.3. The summed E-state index contributed by atoms with van der Waals surface area (Å²) < 4.78 is 44.1. The molecule has 0 aliphatic carbocycles. The van der Waals surface area contributed by atoms with Gasteiger partial charge >= 0.3 is 0 Å². The van der Waals surface area contributed by atoms with Gasteiger partial charge in [0.25, 0.3) is 0 Å². The molecule has 0 fully saturated rings. The minimum absolute atomic E-state index is 0.0329. The van der Waals surface area contributed by atoms with Gasteiger partial charge in [0.15, 0.2) is 0 Å². The highest BCUT2D eigenvalue weighted by molar-refractivity contribution is 5.71. The fourth-order valence-corrected chi connectivity index (χ4v) is 4.41. The van der Waals surface area contributed by atoms with Crippen LogP contribution in [0.4, 0.5) is 13.2 Å². The molecule has 0 unspecified atom stereocenters. The summed E-state index contributed by atoms with van der Waals surface area (Å²) in [6.45, 7) is 4.07. The molecule has 0 nitrogen and oxygen atoms in total. The van der Waals surface area contributed by atoms with Crippen LogP contribution in [-0.4, -0.2) is 0 Å². The Bertz CT molecular complexity index is 1280. The molecule has 0 aromatic heterocycles. The third-order valence-corrected chi connectivity index (χ3v) is 6.42. The van der Waals surface area contributed by atoms with E-state index < -0.39 is 17.5 Å². The summed E-state index contributed by atoms with van der Waals surface area (Å²) in [4.78, 5) is 0. The highest BCUT2D eigenvalue weighted by Gasteiger charge is 2.15. The van der Waals surface area contributed by atoms with Gasteiger partial charge in [0, 0.05) is 11.1 Å². The molecular formula is C32H29F3. The van der Waals surface area contributed by atoms with Crippen molar-refractivity contribution in [1.29, 1.82) is 0 Å². The Hall–Kier alpha value is -3.59. The van der Waals surface area contributed by atoms with Crippen LogP contribution in [0.15, 0.2) is 97.1 Å². The summed E-state index contributed by atoms with van der Waals surface area (Å²) in [5.74, 6) is -1.40. The zero-order chi connectivity index (χ0) is 24.8. The summed E-state index contributed by atoms with van der Waals surface area (Å²) in [5, 5.41) is 0. The van der Waals surface area contributed by atoms with Gasteiger partial charge in [-0.15, -0.1) is 0 Å². The quantitative estimate of drug-likeness (QED) is 0.225. The van der Waals surface area contributed by atoms with E-state index in [2.05, 4.69) is 43.3 Å². The van der Waals surface area contributed by atoms with Crippen LogP contribution in [0.5, 0.6) is 0 Å².